The van der Waals surface area contributed by atoms with Crippen LogP contribution < -0.4 is 4.74 Å². The van der Waals surface area contributed by atoms with Crippen LogP contribution in [0.1, 0.15) is 16.8 Å². The highest BCUT2D eigenvalue weighted by Crippen LogP contribution is 2.32. The van der Waals surface area contributed by atoms with Crippen LogP contribution >= 0.6 is 0 Å². The average molecular weight is 334 g/mol. The molecule has 0 aromatic heterocycles. The van der Waals surface area contributed by atoms with Crippen LogP contribution in [0.15, 0.2) is 36.4 Å². The highest BCUT2D eigenvalue weighted by atomic mass is 19.1. The van der Waals surface area contributed by atoms with Gasteiger partial charge < -0.3 is 14.6 Å². The van der Waals surface area contributed by atoms with Crippen molar-refractivity contribution in [2.75, 3.05) is 19.8 Å². The molecular formula is C18H16F2O4. The third kappa shape index (κ3) is 3.38. The molecule has 1 heterocycles. The van der Waals surface area contributed by atoms with Gasteiger partial charge in [-0.3, -0.25) is 0 Å². The normalized spacial score (nSPS) is 17.0. The van der Waals surface area contributed by atoms with Crippen molar-refractivity contribution in [2.24, 2.45) is 5.92 Å². The van der Waals surface area contributed by atoms with Gasteiger partial charge in [0.15, 0.2) is 0 Å². The Kier molecular flexibility index (Phi) is 4.76. The Hall–Kier alpha value is -2.47. The first-order valence-electron chi connectivity index (χ1n) is 7.58. The highest BCUT2D eigenvalue weighted by molar-refractivity contribution is 5.89. The third-order valence-corrected chi connectivity index (χ3v) is 3.95. The lowest BCUT2D eigenvalue weighted by Crippen LogP contribution is -2.12. The standard InChI is InChI=1S/C18H16F2O4/c19-14-7-12(8-15(20)17(14)18(21)22)13-3-1-2-4-16(13)24-10-11-5-6-23-9-11/h1-4,7-8,11H,5-6,9-10H2,(H,21,22). The van der Waals surface area contributed by atoms with Gasteiger partial charge in [-0.1, -0.05) is 18.2 Å². The Morgan fingerprint density at radius 2 is 1.96 bits per heavy atom. The van der Waals surface area contributed by atoms with Gasteiger partial charge in [0, 0.05) is 18.1 Å². The molecule has 2 aromatic rings. The fourth-order valence-corrected chi connectivity index (χ4v) is 2.69. The van der Waals surface area contributed by atoms with Crippen molar-refractivity contribution in [3.8, 4) is 16.9 Å². The van der Waals surface area contributed by atoms with Crippen molar-refractivity contribution < 1.29 is 28.2 Å². The van der Waals surface area contributed by atoms with Crippen LogP contribution in [0.5, 0.6) is 5.75 Å². The maximum absolute atomic E-state index is 13.9. The van der Waals surface area contributed by atoms with Crippen LogP contribution in [0.3, 0.4) is 0 Å². The predicted molar refractivity (Wildman–Crippen MR) is 83.2 cm³/mol. The van der Waals surface area contributed by atoms with Gasteiger partial charge >= 0.3 is 5.97 Å². The molecule has 1 saturated heterocycles. The Labute approximate surface area is 137 Å². The lowest BCUT2D eigenvalue weighted by Gasteiger charge is -2.14. The van der Waals surface area contributed by atoms with Crippen molar-refractivity contribution in [1.82, 2.24) is 0 Å². The van der Waals surface area contributed by atoms with Crippen LogP contribution in [0.4, 0.5) is 8.78 Å². The smallest absolute Gasteiger partial charge is 0.341 e. The third-order valence-electron chi connectivity index (χ3n) is 3.95. The summed E-state index contributed by atoms with van der Waals surface area (Å²) in [4.78, 5) is 10.9. The zero-order chi connectivity index (χ0) is 17.1. The van der Waals surface area contributed by atoms with Crippen LogP contribution in [-0.4, -0.2) is 30.9 Å². The molecular weight excluding hydrogens is 318 g/mol. The topological polar surface area (TPSA) is 55.8 Å². The van der Waals surface area contributed by atoms with Crippen molar-refractivity contribution in [3.05, 3.63) is 53.6 Å². The van der Waals surface area contributed by atoms with E-state index in [0.29, 0.717) is 37.1 Å². The monoisotopic (exact) mass is 334 g/mol. The van der Waals surface area contributed by atoms with E-state index >= 15 is 0 Å². The van der Waals surface area contributed by atoms with E-state index in [9.17, 15) is 13.6 Å². The van der Waals surface area contributed by atoms with Gasteiger partial charge in [0.2, 0.25) is 0 Å². The van der Waals surface area contributed by atoms with Crippen LogP contribution in [0, 0.1) is 17.6 Å². The minimum atomic E-state index is -1.64. The number of carbonyl (C=O) groups is 1. The SMILES string of the molecule is O=C(O)c1c(F)cc(-c2ccccc2OCC2CCOC2)cc1F. The van der Waals surface area contributed by atoms with E-state index in [4.69, 9.17) is 14.6 Å². The predicted octanol–water partition coefficient (Wildman–Crippen LogP) is 3.75. The van der Waals surface area contributed by atoms with E-state index < -0.39 is 23.2 Å². The first-order chi connectivity index (χ1) is 11.6. The van der Waals surface area contributed by atoms with Gasteiger partial charge in [0.25, 0.3) is 0 Å². The van der Waals surface area contributed by atoms with Gasteiger partial charge in [-0.25, -0.2) is 13.6 Å². The quantitative estimate of drug-likeness (QED) is 0.905. The van der Waals surface area contributed by atoms with Gasteiger partial charge in [0.1, 0.15) is 22.9 Å². The van der Waals surface area contributed by atoms with Gasteiger partial charge in [-0.2, -0.15) is 0 Å². The zero-order valence-corrected chi connectivity index (χ0v) is 12.8. The highest BCUT2D eigenvalue weighted by Gasteiger charge is 2.20. The lowest BCUT2D eigenvalue weighted by atomic mass is 10.0. The number of ether oxygens (including phenoxy) is 2. The molecule has 0 amide bonds. The minimum Gasteiger partial charge on any atom is -0.493 e. The molecule has 1 unspecified atom stereocenters. The minimum absolute atomic E-state index is 0.230. The molecule has 2 aromatic carbocycles. The summed E-state index contributed by atoms with van der Waals surface area (Å²) >= 11 is 0. The first-order valence-corrected chi connectivity index (χ1v) is 7.58. The second-order valence-electron chi connectivity index (χ2n) is 5.66. The summed E-state index contributed by atoms with van der Waals surface area (Å²) < 4.78 is 38.9. The molecule has 0 aliphatic carbocycles. The second-order valence-corrected chi connectivity index (χ2v) is 5.66. The first kappa shape index (κ1) is 16.4. The molecule has 0 bridgehead atoms. The van der Waals surface area contributed by atoms with E-state index in [1.54, 1.807) is 24.3 Å². The maximum atomic E-state index is 13.9. The number of hydrogen-bond donors (Lipinski definition) is 1. The zero-order valence-electron chi connectivity index (χ0n) is 12.8. The van der Waals surface area contributed by atoms with Crippen LogP contribution in [-0.2, 0) is 4.74 Å². The fraction of sp³-hybridized carbons (Fsp3) is 0.278. The van der Waals surface area contributed by atoms with Crippen LogP contribution in [0.25, 0.3) is 11.1 Å². The van der Waals surface area contributed by atoms with Crippen molar-refractivity contribution in [2.45, 2.75) is 6.42 Å². The Morgan fingerprint density at radius 3 is 2.58 bits per heavy atom. The number of halogens is 2. The molecule has 1 atom stereocenters. The summed E-state index contributed by atoms with van der Waals surface area (Å²) in [5.74, 6) is -3.08. The van der Waals surface area contributed by atoms with Crippen molar-refractivity contribution in [1.29, 1.82) is 0 Å². The van der Waals surface area contributed by atoms with Crippen LogP contribution in [0.2, 0.25) is 0 Å². The second kappa shape index (κ2) is 6.97. The molecule has 0 radical (unpaired) electrons. The molecule has 3 rings (SSSR count). The van der Waals surface area contributed by atoms with Gasteiger partial charge in [-0.15, -0.1) is 0 Å². The Balaban J connectivity index is 1.90. The maximum Gasteiger partial charge on any atom is 0.341 e. The summed E-state index contributed by atoms with van der Waals surface area (Å²) in [6.45, 7) is 1.80. The van der Waals surface area contributed by atoms with Crippen molar-refractivity contribution in [3.63, 3.8) is 0 Å². The number of hydrogen-bond acceptors (Lipinski definition) is 3. The molecule has 126 valence electrons. The van der Waals surface area contributed by atoms with E-state index in [1.165, 1.54) is 0 Å². The fourth-order valence-electron chi connectivity index (χ4n) is 2.69. The number of benzene rings is 2. The summed E-state index contributed by atoms with van der Waals surface area (Å²) in [6.07, 6.45) is 0.915. The number of rotatable bonds is 5. The summed E-state index contributed by atoms with van der Waals surface area (Å²) in [5, 5.41) is 8.85. The molecule has 1 fully saturated rings. The van der Waals surface area contributed by atoms with E-state index in [0.717, 1.165) is 18.6 Å². The summed E-state index contributed by atoms with van der Waals surface area (Å²) in [6, 6.07) is 8.89. The average Bonchev–Trinajstić information content (AvgIpc) is 3.05. The van der Waals surface area contributed by atoms with E-state index in [-0.39, 0.29) is 5.56 Å². The number of para-hydroxylation sites is 1. The molecule has 1 aliphatic heterocycles. The lowest BCUT2D eigenvalue weighted by molar-refractivity contribution is 0.0686. The number of carboxylic acids is 1. The largest absolute Gasteiger partial charge is 0.493 e. The molecule has 1 aliphatic rings. The summed E-state index contributed by atoms with van der Waals surface area (Å²) in [5.41, 5.74) is -0.223. The van der Waals surface area contributed by atoms with Crippen molar-refractivity contribution >= 4 is 5.97 Å². The molecule has 24 heavy (non-hydrogen) atoms. The Bertz CT molecular complexity index is 731. The molecule has 1 N–H and O–H groups in total. The molecule has 6 heteroatoms. The number of carboxylic acid groups (broad SMARTS) is 1. The Morgan fingerprint density at radius 1 is 1.25 bits per heavy atom. The van der Waals surface area contributed by atoms with Gasteiger partial charge in [-0.05, 0) is 30.2 Å². The number of aromatic carboxylic acids is 1. The summed E-state index contributed by atoms with van der Waals surface area (Å²) in [7, 11) is 0. The molecule has 4 nitrogen and oxygen atoms in total. The molecule has 0 spiro atoms. The van der Waals surface area contributed by atoms with Gasteiger partial charge in [0.05, 0.1) is 13.2 Å². The van der Waals surface area contributed by atoms with E-state index in [2.05, 4.69) is 0 Å². The molecule has 0 saturated carbocycles. The van der Waals surface area contributed by atoms with E-state index in [1.807, 2.05) is 0 Å².